The number of aromatic hydroxyl groups is 1. The molecule has 0 radical (unpaired) electrons. The number of hydrogen-bond acceptors (Lipinski definition) is 4. The Bertz CT molecular complexity index is 742. The second kappa shape index (κ2) is 12.8. The summed E-state index contributed by atoms with van der Waals surface area (Å²) < 4.78 is 17.6. The molecule has 4 heteroatoms. The van der Waals surface area contributed by atoms with E-state index in [0.717, 1.165) is 53.9 Å². The van der Waals surface area contributed by atoms with E-state index < -0.39 is 0 Å². The molecule has 3 unspecified atom stereocenters. The van der Waals surface area contributed by atoms with Crippen LogP contribution in [0.5, 0.6) is 23.0 Å². The molecule has 1 aromatic rings. The molecule has 190 valence electrons. The van der Waals surface area contributed by atoms with Crippen LogP contribution in [-0.2, 0) is 6.42 Å². The summed E-state index contributed by atoms with van der Waals surface area (Å²) >= 11 is 0. The monoisotopic (exact) mass is 462 g/mol. The standard InChI is InChI=1S/C29H50O4/c1-20(2)12-9-13-21(3)14-10-15-22(4)16-11-18-29(6)19-17-24-23(5)25(30)27(31-7)28(32-8)26(24)33-29/h20-22,30H,9-19H2,1-8H3. The van der Waals surface area contributed by atoms with E-state index in [2.05, 4.69) is 34.6 Å². The van der Waals surface area contributed by atoms with Crippen molar-refractivity contribution in [1.29, 1.82) is 0 Å². The number of hydrogen-bond donors (Lipinski definition) is 1. The van der Waals surface area contributed by atoms with Gasteiger partial charge in [0.1, 0.15) is 5.60 Å². The quantitative estimate of drug-likeness (QED) is 0.302. The van der Waals surface area contributed by atoms with Crippen LogP contribution in [0.3, 0.4) is 0 Å². The predicted molar refractivity (Wildman–Crippen MR) is 138 cm³/mol. The fourth-order valence-electron chi connectivity index (χ4n) is 5.28. The summed E-state index contributed by atoms with van der Waals surface area (Å²) in [5, 5.41) is 10.5. The van der Waals surface area contributed by atoms with Gasteiger partial charge in [-0.05, 0) is 57.3 Å². The van der Waals surface area contributed by atoms with E-state index in [1.807, 2.05) is 6.92 Å². The van der Waals surface area contributed by atoms with Crippen molar-refractivity contribution in [3.8, 4) is 23.0 Å². The van der Waals surface area contributed by atoms with Crippen LogP contribution in [0.1, 0.15) is 110 Å². The van der Waals surface area contributed by atoms with Crippen molar-refractivity contribution in [2.45, 2.75) is 118 Å². The highest BCUT2D eigenvalue weighted by molar-refractivity contribution is 5.67. The van der Waals surface area contributed by atoms with Crippen LogP contribution in [0.2, 0.25) is 0 Å². The van der Waals surface area contributed by atoms with Crippen molar-refractivity contribution in [1.82, 2.24) is 0 Å². The molecule has 0 fully saturated rings. The number of methoxy groups -OCH3 is 2. The first-order valence-electron chi connectivity index (χ1n) is 13.3. The SMILES string of the molecule is COc1c(O)c(C)c2c(c1OC)OC(C)(CCCC(C)CCCC(C)CCCC(C)C)CC2. The largest absolute Gasteiger partial charge is 0.504 e. The highest BCUT2D eigenvalue weighted by atomic mass is 16.5. The minimum Gasteiger partial charge on any atom is -0.504 e. The van der Waals surface area contributed by atoms with Gasteiger partial charge in [0, 0.05) is 11.1 Å². The molecule has 0 spiro atoms. The highest BCUT2D eigenvalue weighted by Gasteiger charge is 2.36. The zero-order valence-electron chi connectivity index (χ0n) is 22.7. The smallest absolute Gasteiger partial charge is 0.207 e. The lowest BCUT2D eigenvalue weighted by Crippen LogP contribution is -2.36. The second-order valence-corrected chi connectivity index (χ2v) is 11.3. The molecule has 2 rings (SSSR count). The molecule has 1 aliphatic rings. The number of fused-ring (bicyclic) bond motifs is 1. The Labute approximate surface area is 203 Å². The van der Waals surface area contributed by atoms with Gasteiger partial charge in [-0.3, -0.25) is 0 Å². The molecule has 0 amide bonds. The topological polar surface area (TPSA) is 47.9 Å². The van der Waals surface area contributed by atoms with Gasteiger partial charge < -0.3 is 19.3 Å². The van der Waals surface area contributed by atoms with Crippen LogP contribution in [0, 0.1) is 24.7 Å². The van der Waals surface area contributed by atoms with Crippen molar-refractivity contribution in [2.24, 2.45) is 17.8 Å². The second-order valence-electron chi connectivity index (χ2n) is 11.3. The minimum atomic E-state index is -0.209. The first-order valence-corrected chi connectivity index (χ1v) is 13.3. The average Bonchev–Trinajstić information content (AvgIpc) is 2.75. The van der Waals surface area contributed by atoms with E-state index in [-0.39, 0.29) is 11.4 Å². The third kappa shape index (κ3) is 7.72. The van der Waals surface area contributed by atoms with Gasteiger partial charge in [0.05, 0.1) is 14.2 Å². The lowest BCUT2D eigenvalue weighted by molar-refractivity contribution is 0.0482. The van der Waals surface area contributed by atoms with Crippen molar-refractivity contribution in [3.63, 3.8) is 0 Å². The summed E-state index contributed by atoms with van der Waals surface area (Å²) in [7, 11) is 3.16. The molecule has 33 heavy (non-hydrogen) atoms. The van der Waals surface area contributed by atoms with Gasteiger partial charge in [-0.15, -0.1) is 0 Å². The number of benzene rings is 1. The fraction of sp³-hybridized carbons (Fsp3) is 0.793. The Morgan fingerprint density at radius 2 is 1.42 bits per heavy atom. The maximum Gasteiger partial charge on any atom is 0.207 e. The fourth-order valence-corrected chi connectivity index (χ4v) is 5.28. The van der Waals surface area contributed by atoms with E-state index in [1.165, 1.54) is 51.4 Å². The van der Waals surface area contributed by atoms with E-state index in [0.29, 0.717) is 11.5 Å². The summed E-state index contributed by atoms with van der Waals surface area (Å²) in [5.41, 5.74) is 1.66. The minimum absolute atomic E-state index is 0.156. The molecular formula is C29H50O4. The molecule has 1 heterocycles. The van der Waals surface area contributed by atoms with Crippen LogP contribution < -0.4 is 14.2 Å². The number of phenolic OH excluding ortho intramolecular Hbond substituents is 1. The molecular weight excluding hydrogens is 412 g/mol. The third-order valence-electron chi connectivity index (χ3n) is 7.64. The van der Waals surface area contributed by atoms with Gasteiger partial charge >= 0.3 is 0 Å². The van der Waals surface area contributed by atoms with Gasteiger partial charge in [-0.25, -0.2) is 0 Å². The zero-order chi connectivity index (χ0) is 24.6. The molecule has 0 aromatic heterocycles. The van der Waals surface area contributed by atoms with E-state index in [4.69, 9.17) is 14.2 Å². The maximum atomic E-state index is 10.5. The van der Waals surface area contributed by atoms with Crippen LogP contribution in [0.15, 0.2) is 0 Å². The molecule has 0 aliphatic carbocycles. The molecule has 1 aliphatic heterocycles. The van der Waals surface area contributed by atoms with E-state index in [1.54, 1.807) is 14.2 Å². The first-order chi connectivity index (χ1) is 15.6. The molecule has 1 aromatic carbocycles. The average molecular weight is 463 g/mol. The molecule has 4 nitrogen and oxygen atoms in total. The molecule has 0 bridgehead atoms. The Kier molecular flexibility index (Phi) is 10.7. The number of phenols is 1. The van der Waals surface area contributed by atoms with Crippen LogP contribution in [-0.4, -0.2) is 24.9 Å². The highest BCUT2D eigenvalue weighted by Crippen LogP contribution is 2.52. The predicted octanol–water partition coefficient (Wildman–Crippen LogP) is 8.24. The Morgan fingerprint density at radius 1 is 0.879 bits per heavy atom. The summed E-state index contributed by atoms with van der Waals surface area (Å²) in [6, 6.07) is 0. The maximum absolute atomic E-state index is 10.5. The molecule has 0 saturated carbocycles. The summed E-state index contributed by atoms with van der Waals surface area (Å²) in [5.74, 6) is 4.24. The van der Waals surface area contributed by atoms with Crippen molar-refractivity contribution >= 4 is 0 Å². The normalized spacial score (nSPS) is 19.7. The van der Waals surface area contributed by atoms with Crippen molar-refractivity contribution in [2.75, 3.05) is 14.2 Å². The summed E-state index contributed by atoms with van der Waals surface area (Å²) in [4.78, 5) is 0. The number of rotatable bonds is 14. The third-order valence-corrected chi connectivity index (χ3v) is 7.64. The summed E-state index contributed by atoms with van der Waals surface area (Å²) in [6.07, 6.45) is 13.5. The van der Waals surface area contributed by atoms with Gasteiger partial charge in [-0.2, -0.15) is 0 Å². The van der Waals surface area contributed by atoms with Crippen molar-refractivity contribution in [3.05, 3.63) is 11.1 Å². The molecule has 0 saturated heterocycles. The Morgan fingerprint density at radius 3 is 1.97 bits per heavy atom. The first kappa shape index (κ1) is 27.7. The van der Waals surface area contributed by atoms with Crippen LogP contribution in [0.25, 0.3) is 0 Å². The van der Waals surface area contributed by atoms with Crippen LogP contribution in [0.4, 0.5) is 0 Å². The van der Waals surface area contributed by atoms with Gasteiger partial charge in [-0.1, -0.05) is 72.6 Å². The van der Waals surface area contributed by atoms with Crippen molar-refractivity contribution < 1.29 is 19.3 Å². The van der Waals surface area contributed by atoms with E-state index >= 15 is 0 Å². The summed E-state index contributed by atoms with van der Waals surface area (Å²) in [6.45, 7) is 13.6. The van der Waals surface area contributed by atoms with Gasteiger partial charge in [0.25, 0.3) is 0 Å². The zero-order valence-corrected chi connectivity index (χ0v) is 22.7. The molecule has 3 atom stereocenters. The number of ether oxygens (including phenoxy) is 3. The van der Waals surface area contributed by atoms with Crippen LogP contribution >= 0.6 is 0 Å². The lowest BCUT2D eigenvalue weighted by atomic mass is 9.85. The Balaban J connectivity index is 1.82. The van der Waals surface area contributed by atoms with E-state index in [9.17, 15) is 5.11 Å². The lowest BCUT2D eigenvalue weighted by Gasteiger charge is -2.38. The Hall–Kier alpha value is -1.58. The molecule has 1 N–H and O–H groups in total. The van der Waals surface area contributed by atoms with Gasteiger partial charge in [0.2, 0.25) is 11.5 Å². The van der Waals surface area contributed by atoms with Gasteiger partial charge in [0.15, 0.2) is 11.5 Å².